The Hall–Kier alpha value is -2.76. The number of hydrogen-bond acceptors (Lipinski definition) is 5. The van der Waals surface area contributed by atoms with E-state index in [0.29, 0.717) is 18.0 Å². The SMILES string of the molecule is COc1ccc(CNc2cc([N+](=O)[O-])ccc2C)cc1OC. The largest absolute Gasteiger partial charge is 0.493 e. The van der Waals surface area contributed by atoms with Gasteiger partial charge in [-0.2, -0.15) is 0 Å². The fourth-order valence-corrected chi connectivity index (χ4v) is 2.10. The predicted molar refractivity (Wildman–Crippen MR) is 84.7 cm³/mol. The van der Waals surface area contributed by atoms with E-state index in [2.05, 4.69) is 5.32 Å². The van der Waals surface area contributed by atoms with E-state index in [9.17, 15) is 10.1 Å². The molecule has 0 aliphatic rings. The van der Waals surface area contributed by atoms with E-state index in [1.807, 2.05) is 25.1 Å². The topological polar surface area (TPSA) is 73.6 Å². The van der Waals surface area contributed by atoms with Crippen molar-refractivity contribution in [3.8, 4) is 11.5 Å². The summed E-state index contributed by atoms with van der Waals surface area (Å²) >= 11 is 0. The third-order valence-electron chi connectivity index (χ3n) is 3.36. The van der Waals surface area contributed by atoms with E-state index in [4.69, 9.17) is 9.47 Å². The third-order valence-corrected chi connectivity index (χ3v) is 3.36. The van der Waals surface area contributed by atoms with Gasteiger partial charge in [0.15, 0.2) is 11.5 Å². The van der Waals surface area contributed by atoms with Crippen molar-refractivity contribution in [2.24, 2.45) is 0 Å². The molecule has 0 spiro atoms. The molecular formula is C16H18N2O4. The molecule has 0 bridgehead atoms. The number of methoxy groups -OCH3 is 2. The minimum atomic E-state index is -0.402. The number of ether oxygens (including phenoxy) is 2. The van der Waals surface area contributed by atoms with Crippen LogP contribution in [0.25, 0.3) is 0 Å². The maximum atomic E-state index is 10.8. The second-order valence-electron chi connectivity index (χ2n) is 4.80. The number of nitro groups is 1. The summed E-state index contributed by atoms with van der Waals surface area (Å²) in [5.74, 6) is 1.32. The minimum Gasteiger partial charge on any atom is -0.493 e. The number of non-ortho nitro benzene ring substituents is 1. The highest BCUT2D eigenvalue weighted by atomic mass is 16.6. The van der Waals surface area contributed by atoms with Gasteiger partial charge in [-0.05, 0) is 30.2 Å². The lowest BCUT2D eigenvalue weighted by Gasteiger charge is -2.12. The van der Waals surface area contributed by atoms with Crippen LogP contribution in [0.4, 0.5) is 11.4 Å². The number of aryl methyl sites for hydroxylation is 1. The molecule has 0 heterocycles. The van der Waals surface area contributed by atoms with Crippen molar-refractivity contribution in [2.75, 3.05) is 19.5 Å². The summed E-state index contributed by atoms with van der Waals surface area (Å²) in [7, 11) is 3.17. The quantitative estimate of drug-likeness (QED) is 0.652. The number of nitrogens with zero attached hydrogens (tertiary/aromatic N) is 1. The molecular weight excluding hydrogens is 284 g/mol. The number of hydrogen-bond donors (Lipinski definition) is 1. The van der Waals surface area contributed by atoms with Gasteiger partial charge in [-0.1, -0.05) is 12.1 Å². The zero-order valence-corrected chi connectivity index (χ0v) is 12.8. The molecule has 0 aromatic heterocycles. The van der Waals surface area contributed by atoms with Crippen molar-refractivity contribution in [3.63, 3.8) is 0 Å². The molecule has 0 saturated heterocycles. The standard InChI is InChI=1S/C16H18N2O4/c1-11-4-6-13(18(19)20)9-14(11)17-10-12-5-7-15(21-2)16(8-12)22-3/h4-9,17H,10H2,1-3H3. The van der Waals surface area contributed by atoms with Crippen LogP contribution >= 0.6 is 0 Å². The first-order valence-corrected chi connectivity index (χ1v) is 6.75. The molecule has 116 valence electrons. The van der Waals surface area contributed by atoms with Crippen LogP contribution in [-0.2, 0) is 6.54 Å². The Bertz CT molecular complexity index is 686. The highest BCUT2D eigenvalue weighted by molar-refractivity contribution is 5.57. The third kappa shape index (κ3) is 3.46. The van der Waals surface area contributed by atoms with Crippen molar-refractivity contribution in [3.05, 3.63) is 57.6 Å². The number of anilines is 1. The summed E-state index contributed by atoms with van der Waals surface area (Å²) < 4.78 is 10.5. The van der Waals surface area contributed by atoms with Crippen LogP contribution < -0.4 is 14.8 Å². The predicted octanol–water partition coefficient (Wildman–Crippen LogP) is 3.53. The first-order chi connectivity index (χ1) is 10.5. The van der Waals surface area contributed by atoms with E-state index in [-0.39, 0.29) is 5.69 Å². The lowest BCUT2D eigenvalue weighted by Crippen LogP contribution is -2.02. The fourth-order valence-electron chi connectivity index (χ4n) is 2.10. The number of rotatable bonds is 6. The van der Waals surface area contributed by atoms with Crippen LogP contribution in [0.3, 0.4) is 0 Å². The molecule has 6 heteroatoms. The van der Waals surface area contributed by atoms with Crippen LogP contribution in [0, 0.1) is 17.0 Å². The van der Waals surface area contributed by atoms with Crippen LogP contribution in [0.1, 0.15) is 11.1 Å². The minimum absolute atomic E-state index is 0.0698. The van der Waals surface area contributed by atoms with E-state index in [1.165, 1.54) is 12.1 Å². The van der Waals surface area contributed by atoms with Gasteiger partial charge in [-0.15, -0.1) is 0 Å². The Morgan fingerprint density at radius 3 is 2.45 bits per heavy atom. The highest BCUT2D eigenvalue weighted by Crippen LogP contribution is 2.28. The van der Waals surface area contributed by atoms with Gasteiger partial charge in [0.2, 0.25) is 0 Å². The first kappa shape index (κ1) is 15.6. The summed E-state index contributed by atoms with van der Waals surface area (Å²) in [6, 6.07) is 10.4. The molecule has 0 atom stereocenters. The van der Waals surface area contributed by atoms with Gasteiger partial charge in [-0.25, -0.2) is 0 Å². The summed E-state index contributed by atoms with van der Waals surface area (Å²) in [5.41, 5.74) is 2.75. The van der Waals surface area contributed by atoms with Crippen molar-refractivity contribution in [1.82, 2.24) is 0 Å². The Morgan fingerprint density at radius 1 is 1.09 bits per heavy atom. The van der Waals surface area contributed by atoms with Crippen LogP contribution in [0.15, 0.2) is 36.4 Å². The van der Waals surface area contributed by atoms with Gasteiger partial charge in [0.25, 0.3) is 5.69 Å². The maximum Gasteiger partial charge on any atom is 0.271 e. The van der Waals surface area contributed by atoms with Gasteiger partial charge in [0.05, 0.1) is 19.1 Å². The number of nitro benzene ring substituents is 1. The molecule has 0 saturated carbocycles. The number of nitrogens with one attached hydrogen (secondary N) is 1. The average molecular weight is 302 g/mol. The van der Waals surface area contributed by atoms with Crippen LogP contribution in [-0.4, -0.2) is 19.1 Å². The summed E-state index contributed by atoms with van der Waals surface area (Å²) in [6.45, 7) is 2.43. The highest BCUT2D eigenvalue weighted by Gasteiger charge is 2.09. The van der Waals surface area contributed by atoms with Crippen molar-refractivity contribution < 1.29 is 14.4 Å². The zero-order valence-electron chi connectivity index (χ0n) is 12.8. The Balaban J connectivity index is 2.16. The Kier molecular flexibility index (Phi) is 4.83. The van der Waals surface area contributed by atoms with Gasteiger partial charge in [-0.3, -0.25) is 10.1 Å². The molecule has 0 aliphatic carbocycles. The normalized spacial score (nSPS) is 10.1. The molecule has 2 aromatic carbocycles. The van der Waals surface area contributed by atoms with Gasteiger partial charge in [0, 0.05) is 24.4 Å². The average Bonchev–Trinajstić information content (AvgIpc) is 2.53. The van der Waals surface area contributed by atoms with Gasteiger partial charge >= 0.3 is 0 Å². The van der Waals surface area contributed by atoms with E-state index in [0.717, 1.165) is 16.8 Å². The molecule has 0 aliphatic heterocycles. The number of benzene rings is 2. The second-order valence-corrected chi connectivity index (χ2v) is 4.80. The molecule has 2 aromatic rings. The molecule has 6 nitrogen and oxygen atoms in total. The first-order valence-electron chi connectivity index (χ1n) is 6.75. The summed E-state index contributed by atoms with van der Waals surface area (Å²) in [4.78, 5) is 10.4. The summed E-state index contributed by atoms with van der Waals surface area (Å²) in [6.07, 6.45) is 0. The zero-order chi connectivity index (χ0) is 16.1. The molecule has 22 heavy (non-hydrogen) atoms. The molecule has 0 unspecified atom stereocenters. The lowest BCUT2D eigenvalue weighted by molar-refractivity contribution is -0.384. The van der Waals surface area contributed by atoms with Crippen molar-refractivity contribution >= 4 is 11.4 Å². The van der Waals surface area contributed by atoms with Crippen molar-refractivity contribution in [1.29, 1.82) is 0 Å². The van der Waals surface area contributed by atoms with Crippen LogP contribution in [0.5, 0.6) is 11.5 Å². The maximum absolute atomic E-state index is 10.8. The van der Waals surface area contributed by atoms with Crippen LogP contribution in [0.2, 0.25) is 0 Å². The lowest BCUT2D eigenvalue weighted by atomic mass is 10.1. The Morgan fingerprint density at radius 2 is 1.82 bits per heavy atom. The summed E-state index contributed by atoms with van der Waals surface area (Å²) in [5, 5.41) is 14.1. The molecule has 0 fully saturated rings. The monoisotopic (exact) mass is 302 g/mol. The van der Waals surface area contributed by atoms with Gasteiger partial charge < -0.3 is 14.8 Å². The fraction of sp³-hybridized carbons (Fsp3) is 0.250. The van der Waals surface area contributed by atoms with E-state index in [1.54, 1.807) is 20.3 Å². The molecule has 0 radical (unpaired) electrons. The molecule has 1 N–H and O–H groups in total. The van der Waals surface area contributed by atoms with Gasteiger partial charge in [0.1, 0.15) is 0 Å². The van der Waals surface area contributed by atoms with Crippen molar-refractivity contribution in [2.45, 2.75) is 13.5 Å². The molecule has 0 amide bonds. The Labute approximate surface area is 128 Å². The van der Waals surface area contributed by atoms with E-state index >= 15 is 0 Å². The second kappa shape index (κ2) is 6.80. The van der Waals surface area contributed by atoms with E-state index < -0.39 is 4.92 Å². The smallest absolute Gasteiger partial charge is 0.271 e. The molecule has 2 rings (SSSR count).